The van der Waals surface area contributed by atoms with Crippen molar-refractivity contribution in [3.63, 3.8) is 0 Å². The van der Waals surface area contributed by atoms with E-state index in [9.17, 15) is 18.4 Å². The Hall–Kier alpha value is -3.78. The minimum atomic E-state index is -2.75. The van der Waals surface area contributed by atoms with Crippen LogP contribution in [0.25, 0.3) is 0 Å². The van der Waals surface area contributed by atoms with Crippen LogP contribution in [-0.2, 0) is 20.9 Å². The van der Waals surface area contributed by atoms with Crippen molar-refractivity contribution in [2.45, 2.75) is 111 Å². The minimum absolute atomic E-state index is 0.00619. The van der Waals surface area contributed by atoms with Gasteiger partial charge in [0, 0.05) is 24.6 Å². The second-order valence-electron chi connectivity index (χ2n) is 12.1. The average Bonchev–Trinajstić information content (AvgIpc) is 3.54. The summed E-state index contributed by atoms with van der Waals surface area (Å²) in [7, 11) is 0. The molecule has 4 atom stereocenters. The predicted octanol–water partition coefficient (Wildman–Crippen LogP) is 8.16. The number of terminal acetylenes is 1. The molecule has 0 bridgehead atoms. The van der Waals surface area contributed by atoms with E-state index in [1.165, 1.54) is 6.42 Å². The van der Waals surface area contributed by atoms with Crippen LogP contribution in [0.2, 0.25) is 0 Å². The molecule has 2 aliphatic rings. The second kappa shape index (κ2) is 23.5. The Labute approximate surface area is 286 Å². The van der Waals surface area contributed by atoms with E-state index in [0.29, 0.717) is 18.9 Å². The number of piperidine rings is 1. The van der Waals surface area contributed by atoms with Gasteiger partial charge in [0.25, 0.3) is 5.92 Å². The van der Waals surface area contributed by atoms with Gasteiger partial charge in [0.15, 0.2) is 0 Å². The molecule has 2 saturated heterocycles. The number of nitrogens with one attached hydrogen (secondary N) is 4. The van der Waals surface area contributed by atoms with E-state index in [2.05, 4.69) is 47.3 Å². The summed E-state index contributed by atoms with van der Waals surface area (Å²) in [5, 5.41) is 13.6. The maximum Gasteiger partial charge on any atom is 0.408 e. The first-order chi connectivity index (χ1) is 23.1. The molecule has 4 unspecified atom stereocenters. The number of hydrogen-bond acceptors (Lipinski definition) is 6. The molecule has 0 saturated carbocycles. The molecule has 2 aliphatic heterocycles. The summed E-state index contributed by atoms with van der Waals surface area (Å²) >= 11 is 0. The first-order valence-corrected chi connectivity index (χ1v) is 17.2. The Balaban J connectivity index is 0.000000447. The third-order valence-corrected chi connectivity index (χ3v) is 8.37. The molecular formula is C37H57F2N5O4. The summed E-state index contributed by atoms with van der Waals surface area (Å²) in [6.45, 7) is 11.4. The highest BCUT2D eigenvalue weighted by atomic mass is 19.3. The number of carbonyl (C=O) groups excluding carboxylic acids is 2. The summed E-state index contributed by atoms with van der Waals surface area (Å²) in [6.07, 6.45) is 15.3. The first-order valence-electron chi connectivity index (χ1n) is 17.2. The van der Waals surface area contributed by atoms with Crippen LogP contribution >= 0.6 is 0 Å². The molecule has 4 rings (SSSR count). The molecular weight excluding hydrogens is 616 g/mol. The number of alkyl halides is 2. The number of aryl methyl sites for hydroxylation is 1. The standard InChI is InChI=1S/C20H29N3O2.C13H20F2N2O2.C2H6.C2H2/c1-4-15(2)9-8-12-18(19-13-21-16(3)22-19)23-20(24)25-14-17-10-6-5-7-11-17;14-13(15)3-5-19-8-10(13)7-11(16)6-9-2-1-4-17-12(9)18;2*1-2/h5-7,10-11,13,15,18H,4,8-9,12,14H2,1-3H3,(H,21,22)(H,23,24);9-10,16H,1-8H2,(H,17,18);1-2H3;1-2H. The smallest absolute Gasteiger partial charge is 0.408 e. The van der Waals surface area contributed by atoms with Crippen molar-refractivity contribution in [2.75, 3.05) is 19.8 Å². The van der Waals surface area contributed by atoms with Crippen LogP contribution < -0.4 is 10.6 Å². The zero-order chi connectivity index (χ0) is 36.0. The quantitative estimate of drug-likeness (QED) is 0.126. The van der Waals surface area contributed by atoms with Gasteiger partial charge in [-0.15, -0.1) is 12.8 Å². The molecule has 4 N–H and O–H groups in total. The number of aromatic amines is 1. The highest BCUT2D eigenvalue weighted by Gasteiger charge is 2.42. The van der Waals surface area contributed by atoms with Gasteiger partial charge < -0.3 is 30.5 Å². The number of aromatic nitrogens is 2. The van der Waals surface area contributed by atoms with E-state index < -0.39 is 17.9 Å². The zero-order valence-electron chi connectivity index (χ0n) is 29.5. The topological polar surface area (TPSA) is 129 Å². The van der Waals surface area contributed by atoms with E-state index in [1.54, 1.807) is 6.20 Å². The predicted molar refractivity (Wildman–Crippen MR) is 187 cm³/mol. The van der Waals surface area contributed by atoms with Gasteiger partial charge in [-0.3, -0.25) is 4.79 Å². The van der Waals surface area contributed by atoms with Crippen molar-refractivity contribution in [1.82, 2.24) is 20.6 Å². The lowest BCUT2D eigenvalue weighted by molar-refractivity contribution is -0.138. The van der Waals surface area contributed by atoms with E-state index in [1.807, 2.05) is 51.1 Å². The van der Waals surface area contributed by atoms with Crippen LogP contribution in [0.5, 0.6) is 0 Å². The molecule has 11 heteroatoms. The monoisotopic (exact) mass is 673 g/mol. The van der Waals surface area contributed by atoms with Crippen LogP contribution in [0, 0.1) is 42.9 Å². The molecule has 0 aliphatic carbocycles. The Kier molecular flexibility index (Phi) is 20.7. The van der Waals surface area contributed by atoms with Crippen molar-refractivity contribution in [3.8, 4) is 12.8 Å². The lowest BCUT2D eigenvalue weighted by atomic mass is 9.86. The normalized spacial score (nSPS) is 19.2. The molecule has 0 radical (unpaired) electrons. The molecule has 2 aromatic rings. The average molecular weight is 674 g/mol. The molecule has 2 amide bonds. The van der Waals surface area contributed by atoms with Gasteiger partial charge in [-0.1, -0.05) is 77.3 Å². The van der Waals surface area contributed by atoms with Crippen molar-refractivity contribution in [1.29, 1.82) is 5.41 Å². The fourth-order valence-corrected chi connectivity index (χ4v) is 5.38. The maximum absolute atomic E-state index is 13.6. The van der Waals surface area contributed by atoms with Gasteiger partial charge in [-0.25, -0.2) is 18.6 Å². The number of hydrogen-bond donors (Lipinski definition) is 4. The number of H-pyrrole nitrogens is 1. The van der Waals surface area contributed by atoms with Crippen LogP contribution in [0.1, 0.15) is 109 Å². The van der Waals surface area contributed by atoms with E-state index in [0.717, 1.165) is 49.2 Å². The number of ether oxygens (including phenoxy) is 2. The number of amides is 2. The second-order valence-corrected chi connectivity index (χ2v) is 12.1. The molecule has 3 heterocycles. The van der Waals surface area contributed by atoms with Gasteiger partial charge in [-0.2, -0.15) is 0 Å². The fourth-order valence-electron chi connectivity index (χ4n) is 5.38. The minimum Gasteiger partial charge on any atom is -0.445 e. The van der Waals surface area contributed by atoms with Crippen LogP contribution in [0.3, 0.4) is 0 Å². The number of nitrogens with zero attached hydrogens (tertiary/aromatic N) is 1. The largest absolute Gasteiger partial charge is 0.445 e. The third-order valence-electron chi connectivity index (χ3n) is 8.37. The fraction of sp³-hybridized carbons (Fsp3) is 0.622. The molecule has 1 aromatic carbocycles. The lowest BCUT2D eigenvalue weighted by Gasteiger charge is -2.32. The number of rotatable bonds is 13. The van der Waals surface area contributed by atoms with Gasteiger partial charge in [-0.05, 0) is 50.5 Å². The number of carbonyl (C=O) groups is 2. The van der Waals surface area contributed by atoms with Crippen LogP contribution in [0.4, 0.5) is 13.6 Å². The third kappa shape index (κ3) is 15.9. The number of alkyl carbamates (subject to hydrolysis) is 1. The SMILES string of the molecule is C#C.CC.CCC(C)CCCC(NC(=O)OCc1ccccc1)c1cnc(C)[nH]1.N=C(CC1CCCNC1=O)CC1COCCC1(F)F. The zero-order valence-corrected chi connectivity index (χ0v) is 29.5. The Bertz CT molecular complexity index is 1220. The summed E-state index contributed by atoms with van der Waals surface area (Å²) in [5.74, 6) is -2.39. The van der Waals surface area contributed by atoms with Gasteiger partial charge in [0.05, 0.1) is 37.1 Å². The number of halogens is 2. The molecule has 268 valence electrons. The van der Waals surface area contributed by atoms with E-state index >= 15 is 0 Å². The summed E-state index contributed by atoms with van der Waals surface area (Å²) in [5.41, 5.74) is 2.14. The molecule has 0 spiro atoms. The molecule has 2 fully saturated rings. The molecule has 1 aromatic heterocycles. The van der Waals surface area contributed by atoms with E-state index in [-0.39, 0.29) is 56.2 Å². The van der Waals surface area contributed by atoms with Crippen molar-refractivity contribution >= 4 is 17.7 Å². The summed E-state index contributed by atoms with van der Waals surface area (Å²) in [6, 6.07) is 9.58. The summed E-state index contributed by atoms with van der Waals surface area (Å²) in [4.78, 5) is 31.2. The number of benzene rings is 1. The Morgan fingerprint density at radius 3 is 2.52 bits per heavy atom. The van der Waals surface area contributed by atoms with E-state index in [4.69, 9.17) is 14.9 Å². The van der Waals surface area contributed by atoms with Crippen molar-refractivity contribution in [2.24, 2.45) is 17.8 Å². The Morgan fingerprint density at radius 2 is 1.92 bits per heavy atom. The maximum atomic E-state index is 13.6. The highest BCUT2D eigenvalue weighted by Crippen LogP contribution is 2.35. The molecule has 9 nitrogen and oxygen atoms in total. The van der Waals surface area contributed by atoms with Crippen LogP contribution in [0.15, 0.2) is 36.5 Å². The number of imidazole rings is 1. The van der Waals surface area contributed by atoms with Gasteiger partial charge >= 0.3 is 6.09 Å². The first kappa shape index (κ1) is 42.2. The lowest BCUT2D eigenvalue weighted by Crippen LogP contribution is -2.40. The van der Waals surface area contributed by atoms with Gasteiger partial charge in [0.2, 0.25) is 5.91 Å². The Morgan fingerprint density at radius 1 is 1.21 bits per heavy atom. The van der Waals surface area contributed by atoms with Crippen molar-refractivity contribution < 1.29 is 27.8 Å². The molecule has 48 heavy (non-hydrogen) atoms. The van der Waals surface area contributed by atoms with Crippen molar-refractivity contribution in [3.05, 3.63) is 53.6 Å². The van der Waals surface area contributed by atoms with Crippen LogP contribution in [-0.4, -0.2) is 53.4 Å². The summed E-state index contributed by atoms with van der Waals surface area (Å²) < 4.78 is 37.7. The van der Waals surface area contributed by atoms with Gasteiger partial charge in [0.1, 0.15) is 12.4 Å². The highest BCUT2D eigenvalue weighted by molar-refractivity contribution is 5.88.